The molecule has 0 spiro atoms. The van der Waals surface area contributed by atoms with Crippen LogP contribution >= 0.6 is 27.5 Å². The van der Waals surface area contributed by atoms with Crippen LogP contribution in [0, 0.1) is 0 Å². The van der Waals surface area contributed by atoms with E-state index in [4.69, 9.17) is 11.6 Å². The largest absolute Gasteiger partial charge is 0.107 e. The zero-order chi connectivity index (χ0) is 7.56. The van der Waals surface area contributed by atoms with E-state index in [1.54, 1.807) is 0 Å². The van der Waals surface area contributed by atoms with Gasteiger partial charge in [-0.2, -0.15) is 0 Å². The Labute approximate surface area is 75.1 Å². The van der Waals surface area contributed by atoms with Crippen LogP contribution < -0.4 is 0 Å². The van der Waals surface area contributed by atoms with Gasteiger partial charge in [0.05, 0.1) is 0 Å². The van der Waals surface area contributed by atoms with Gasteiger partial charge in [0.15, 0.2) is 0 Å². The molecule has 0 aliphatic heterocycles. The van der Waals surface area contributed by atoms with Crippen molar-refractivity contribution in [2.45, 2.75) is 6.32 Å². The van der Waals surface area contributed by atoms with Gasteiger partial charge in [0.25, 0.3) is 0 Å². The Morgan fingerprint density at radius 3 is 2.70 bits per heavy atom. The fraction of sp³-hybridized carbons (Fsp3) is 0.143. The minimum absolute atomic E-state index is 0.853. The lowest BCUT2D eigenvalue weighted by Gasteiger charge is -1.99. The fourth-order valence-electron chi connectivity index (χ4n) is 0.814. The molecule has 52 valence electrons. The topological polar surface area (TPSA) is 0 Å². The minimum Gasteiger partial charge on any atom is -0.0841 e. The Hall–Kier alpha value is 0.0549. The highest BCUT2D eigenvalue weighted by molar-refractivity contribution is 9.10. The number of hydrogen-bond donors (Lipinski definition) is 0. The Kier molecular flexibility index (Phi) is 2.81. The average molecular weight is 217 g/mol. The van der Waals surface area contributed by atoms with Crippen molar-refractivity contribution in [2.75, 3.05) is 0 Å². The highest BCUT2D eigenvalue weighted by Crippen LogP contribution is 2.20. The summed E-state index contributed by atoms with van der Waals surface area (Å²) < 4.78 is 1.09. The summed E-state index contributed by atoms with van der Waals surface area (Å²) in [6, 6.07) is 5.90. The molecule has 0 radical (unpaired) electrons. The molecule has 1 rings (SSSR count). The van der Waals surface area contributed by atoms with Gasteiger partial charge in [-0.05, 0) is 23.8 Å². The molecule has 0 amide bonds. The third-order valence-corrected chi connectivity index (χ3v) is 2.25. The Balaban J connectivity index is 3.09. The Morgan fingerprint density at radius 1 is 1.50 bits per heavy atom. The first kappa shape index (κ1) is 8.15. The van der Waals surface area contributed by atoms with E-state index >= 15 is 0 Å². The van der Waals surface area contributed by atoms with E-state index in [2.05, 4.69) is 23.8 Å². The second-order valence-corrected chi connectivity index (χ2v) is 3.41. The van der Waals surface area contributed by atoms with Crippen LogP contribution in [-0.2, 0) is 6.32 Å². The molecule has 0 heterocycles. The number of rotatable bonds is 1. The summed E-state index contributed by atoms with van der Waals surface area (Å²) in [7, 11) is 2.09. The highest BCUT2D eigenvalue weighted by Gasteiger charge is 1.96. The van der Waals surface area contributed by atoms with Crippen LogP contribution in [0.5, 0.6) is 0 Å². The van der Waals surface area contributed by atoms with Gasteiger partial charge in [0.2, 0.25) is 0 Å². The first-order chi connectivity index (χ1) is 4.74. The van der Waals surface area contributed by atoms with Crippen LogP contribution in [0.4, 0.5) is 0 Å². The molecular formula is C7H7BBrCl. The molecule has 0 saturated carbocycles. The van der Waals surface area contributed by atoms with E-state index in [1.807, 2.05) is 18.2 Å². The molecular weight excluding hydrogens is 210 g/mol. The number of hydrogen-bond acceptors (Lipinski definition) is 0. The van der Waals surface area contributed by atoms with Crippen molar-refractivity contribution < 1.29 is 0 Å². The molecule has 1 aromatic rings. The van der Waals surface area contributed by atoms with Crippen LogP contribution in [0.25, 0.3) is 0 Å². The molecule has 3 heteroatoms. The van der Waals surface area contributed by atoms with Gasteiger partial charge in [-0.25, -0.2) is 0 Å². The molecule has 0 aliphatic rings. The molecule has 0 N–H and O–H groups in total. The van der Waals surface area contributed by atoms with Crippen molar-refractivity contribution in [3.05, 3.63) is 33.3 Å². The maximum atomic E-state index is 5.88. The molecule has 0 fully saturated rings. The van der Waals surface area contributed by atoms with Crippen molar-refractivity contribution in [1.29, 1.82) is 0 Å². The monoisotopic (exact) mass is 216 g/mol. The van der Waals surface area contributed by atoms with E-state index < -0.39 is 0 Å². The van der Waals surface area contributed by atoms with Gasteiger partial charge in [0.1, 0.15) is 7.85 Å². The third-order valence-electron chi connectivity index (χ3n) is 1.39. The van der Waals surface area contributed by atoms with E-state index in [-0.39, 0.29) is 0 Å². The lowest BCUT2D eigenvalue weighted by Crippen LogP contribution is -1.84. The summed E-state index contributed by atoms with van der Waals surface area (Å²) in [4.78, 5) is 0. The van der Waals surface area contributed by atoms with E-state index in [9.17, 15) is 0 Å². The maximum absolute atomic E-state index is 5.88. The van der Waals surface area contributed by atoms with Crippen LogP contribution in [0.2, 0.25) is 5.02 Å². The summed E-state index contributed by atoms with van der Waals surface area (Å²) in [5, 5.41) is 0.853. The lowest BCUT2D eigenvalue weighted by atomic mass is 9.97. The standard InChI is InChI=1S/C7H7BBrCl/c8-4-5-3-6(9)1-2-7(5)10/h1-3H,4,8H2. The van der Waals surface area contributed by atoms with Crippen LogP contribution in [0.3, 0.4) is 0 Å². The van der Waals surface area contributed by atoms with Gasteiger partial charge < -0.3 is 0 Å². The van der Waals surface area contributed by atoms with Crippen molar-refractivity contribution >= 4 is 35.4 Å². The summed E-state index contributed by atoms with van der Waals surface area (Å²) in [5.41, 5.74) is 1.19. The molecule has 0 nitrogen and oxygen atoms in total. The zero-order valence-electron chi connectivity index (χ0n) is 5.70. The number of benzene rings is 1. The molecule has 0 unspecified atom stereocenters. The molecule has 0 aromatic heterocycles. The van der Waals surface area contributed by atoms with Crippen LogP contribution in [-0.4, -0.2) is 7.85 Å². The second kappa shape index (κ2) is 3.45. The summed E-state index contributed by atoms with van der Waals surface area (Å²) in [5.74, 6) is 0. The highest BCUT2D eigenvalue weighted by atomic mass is 79.9. The molecule has 0 atom stereocenters. The fourth-order valence-corrected chi connectivity index (χ4v) is 1.47. The van der Waals surface area contributed by atoms with E-state index in [1.165, 1.54) is 5.56 Å². The third kappa shape index (κ3) is 1.77. The first-order valence-electron chi connectivity index (χ1n) is 3.18. The molecule has 0 aliphatic carbocycles. The quantitative estimate of drug-likeness (QED) is 0.633. The smallest absolute Gasteiger partial charge is 0.0841 e. The SMILES string of the molecule is BCc1cc(Br)ccc1Cl. The van der Waals surface area contributed by atoms with Crippen LogP contribution in [0.15, 0.2) is 22.7 Å². The molecule has 0 saturated heterocycles. The van der Waals surface area contributed by atoms with Gasteiger partial charge in [-0.3, -0.25) is 0 Å². The minimum atomic E-state index is 0.853. The maximum Gasteiger partial charge on any atom is 0.107 e. The van der Waals surface area contributed by atoms with Crippen LogP contribution in [0.1, 0.15) is 5.56 Å². The molecule has 10 heavy (non-hydrogen) atoms. The molecule has 0 bridgehead atoms. The van der Waals surface area contributed by atoms with Gasteiger partial charge in [0, 0.05) is 9.50 Å². The van der Waals surface area contributed by atoms with E-state index in [0.717, 1.165) is 15.8 Å². The summed E-state index contributed by atoms with van der Waals surface area (Å²) in [6.45, 7) is 0. The lowest BCUT2D eigenvalue weighted by molar-refractivity contribution is 1.39. The number of halogens is 2. The van der Waals surface area contributed by atoms with Gasteiger partial charge >= 0.3 is 0 Å². The van der Waals surface area contributed by atoms with Crippen molar-refractivity contribution in [3.63, 3.8) is 0 Å². The zero-order valence-corrected chi connectivity index (χ0v) is 8.04. The average Bonchev–Trinajstić information content (AvgIpc) is 1.94. The normalized spacial score (nSPS) is 9.80. The van der Waals surface area contributed by atoms with Crippen molar-refractivity contribution in [3.8, 4) is 0 Å². The Morgan fingerprint density at radius 2 is 2.20 bits per heavy atom. The summed E-state index contributed by atoms with van der Waals surface area (Å²) >= 11 is 9.25. The second-order valence-electron chi connectivity index (χ2n) is 2.09. The van der Waals surface area contributed by atoms with E-state index in [0.29, 0.717) is 0 Å². The summed E-state index contributed by atoms with van der Waals surface area (Å²) in [6.07, 6.45) is 0.984. The predicted octanol–water partition coefficient (Wildman–Crippen LogP) is 2.24. The van der Waals surface area contributed by atoms with Gasteiger partial charge in [-0.1, -0.05) is 33.9 Å². The van der Waals surface area contributed by atoms with Gasteiger partial charge in [-0.15, -0.1) is 0 Å². The van der Waals surface area contributed by atoms with Crippen molar-refractivity contribution in [2.24, 2.45) is 0 Å². The predicted molar refractivity (Wildman–Crippen MR) is 51.4 cm³/mol. The van der Waals surface area contributed by atoms with Crippen molar-refractivity contribution in [1.82, 2.24) is 0 Å². The molecule has 1 aromatic carbocycles. The first-order valence-corrected chi connectivity index (χ1v) is 4.35. The Bertz CT molecular complexity index is 237.